The van der Waals surface area contributed by atoms with E-state index in [1.165, 1.54) is 0 Å². The number of ether oxygens (including phenoxy) is 3. The van der Waals surface area contributed by atoms with Crippen LogP contribution in [0.1, 0.15) is 19.4 Å². The molecule has 9 heteroatoms. The summed E-state index contributed by atoms with van der Waals surface area (Å²) in [6, 6.07) is 11.3. The second kappa shape index (κ2) is 10.5. The smallest absolute Gasteiger partial charge is 0.246 e. The number of nitrogens with two attached hydrogens (primary N) is 1. The van der Waals surface area contributed by atoms with Crippen LogP contribution in [0.4, 0.5) is 11.8 Å². The molecular formula is C26H31N5O4. The van der Waals surface area contributed by atoms with Crippen LogP contribution in [0.3, 0.4) is 0 Å². The first-order valence-corrected chi connectivity index (χ1v) is 11.6. The summed E-state index contributed by atoms with van der Waals surface area (Å²) in [5, 5.41) is 0.703. The van der Waals surface area contributed by atoms with E-state index < -0.39 is 0 Å². The maximum absolute atomic E-state index is 12.7. The molecular weight excluding hydrogens is 446 g/mol. The fraction of sp³-hybridized carbons (Fsp3) is 0.346. The maximum Gasteiger partial charge on any atom is 0.246 e. The largest absolute Gasteiger partial charge is 0.493 e. The van der Waals surface area contributed by atoms with Crippen molar-refractivity contribution >= 4 is 34.7 Å². The van der Waals surface area contributed by atoms with Crippen molar-refractivity contribution in [3.05, 3.63) is 48.0 Å². The number of aromatic nitrogens is 2. The number of anilines is 2. The number of nitrogen functional groups attached to an aromatic ring is 1. The van der Waals surface area contributed by atoms with Crippen LogP contribution in [-0.2, 0) is 4.79 Å². The van der Waals surface area contributed by atoms with E-state index in [4.69, 9.17) is 19.9 Å². The lowest BCUT2D eigenvalue weighted by atomic mass is 10.2. The van der Waals surface area contributed by atoms with Crippen molar-refractivity contribution in [3.63, 3.8) is 0 Å². The molecule has 0 spiro atoms. The number of hydrogen-bond donors (Lipinski definition) is 1. The molecule has 1 amide bonds. The third-order valence-corrected chi connectivity index (χ3v) is 5.76. The van der Waals surface area contributed by atoms with Gasteiger partial charge in [-0.25, -0.2) is 4.98 Å². The average molecular weight is 478 g/mol. The number of hydrogen-bond acceptors (Lipinski definition) is 8. The van der Waals surface area contributed by atoms with Crippen LogP contribution in [0.5, 0.6) is 17.2 Å². The Hall–Kier alpha value is -4.01. The third kappa shape index (κ3) is 5.56. The highest BCUT2D eigenvalue weighted by atomic mass is 16.5. The molecule has 1 aliphatic rings. The van der Waals surface area contributed by atoms with Crippen LogP contribution < -0.4 is 24.8 Å². The lowest BCUT2D eigenvalue weighted by molar-refractivity contribution is -0.126. The van der Waals surface area contributed by atoms with Crippen LogP contribution in [0, 0.1) is 0 Å². The van der Waals surface area contributed by atoms with E-state index in [2.05, 4.69) is 9.97 Å². The Morgan fingerprint density at radius 1 is 1.00 bits per heavy atom. The Bertz CT molecular complexity index is 1220. The minimum atomic E-state index is -0.0251. The van der Waals surface area contributed by atoms with Gasteiger partial charge in [0, 0.05) is 43.7 Å². The van der Waals surface area contributed by atoms with Crippen LogP contribution in [-0.4, -0.2) is 67.3 Å². The van der Waals surface area contributed by atoms with Crippen LogP contribution in [0.2, 0.25) is 0 Å². The summed E-state index contributed by atoms with van der Waals surface area (Å²) in [6.07, 6.45) is 3.56. The second-order valence-corrected chi connectivity index (χ2v) is 8.51. The van der Waals surface area contributed by atoms with Gasteiger partial charge in [-0.05, 0) is 43.7 Å². The molecule has 2 aromatic carbocycles. The second-order valence-electron chi connectivity index (χ2n) is 8.51. The van der Waals surface area contributed by atoms with Crippen molar-refractivity contribution in [2.75, 3.05) is 51.0 Å². The summed E-state index contributed by atoms with van der Waals surface area (Å²) >= 11 is 0. The summed E-state index contributed by atoms with van der Waals surface area (Å²) in [5.74, 6) is 2.85. The molecule has 0 radical (unpaired) electrons. The van der Waals surface area contributed by atoms with Gasteiger partial charge < -0.3 is 29.7 Å². The Kier molecular flexibility index (Phi) is 7.24. The van der Waals surface area contributed by atoms with Gasteiger partial charge >= 0.3 is 0 Å². The van der Waals surface area contributed by atoms with E-state index in [0.29, 0.717) is 60.3 Å². The zero-order valence-electron chi connectivity index (χ0n) is 20.5. The minimum absolute atomic E-state index is 0.0251. The van der Waals surface area contributed by atoms with E-state index >= 15 is 0 Å². The average Bonchev–Trinajstić information content (AvgIpc) is 2.87. The number of amides is 1. The van der Waals surface area contributed by atoms with Gasteiger partial charge in [-0.1, -0.05) is 12.1 Å². The summed E-state index contributed by atoms with van der Waals surface area (Å²) < 4.78 is 16.4. The summed E-state index contributed by atoms with van der Waals surface area (Å²) in [6.45, 7) is 6.33. The van der Waals surface area contributed by atoms with Crippen LogP contribution >= 0.6 is 0 Å². The first-order chi connectivity index (χ1) is 16.9. The van der Waals surface area contributed by atoms with Gasteiger partial charge in [-0.15, -0.1) is 0 Å². The maximum atomic E-state index is 12.7. The van der Waals surface area contributed by atoms with Gasteiger partial charge in [0.1, 0.15) is 11.6 Å². The highest BCUT2D eigenvalue weighted by Crippen LogP contribution is 2.34. The van der Waals surface area contributed by atoms with Crippen molar-refractivity contribution in [1.29, 1.82) is 0 Å². The molecule has 1 aromatic heterocycles. The molecule has 9 nitrogen and oxygen atoms in total. The molecule has 0 unspecified atom stereocenters. The van der Waals surface area contributed by atoms with Crippen molar-refractivity contribution in [1.82, 2.24) is 14.9 Å². The molecule has 0 aliphatic carbocycles. The van der Waals surface area contributed by atoms with Gasteiger partial charge in [0.15, 0.2) is 11.5 Å². The predicted molar refractivity (Wildman–Crippen MR) is 137 cm³/mol. The number of nitrogens with zero attached hydrogens (tertiary/aromatic N) is 4. The predicted octanol–water partition coefficient (Wildman–Crippen LogP) is 3.38. The number of carbonyl (C=O) groups excluding carboxylic acids is 1. The van der Waals surface area contributed by atoms with Crippen LogP contribution in [0.25, 0.3) is 17.0 Å². The highest BCUT2D eigenvalue weighted by Gasteiger charge is 2.22. The van der Waals surface area contributed by atoms with Gasteiger partial charge in [0.05, 0.1) is 25.8 Å². The number of piperazine rings is 1. The molecule has 2 N–H and O–H groups in total. The molecule has 3 aromatic rings. The summed E-state index contributed by atoms with van der Waals surface area (Å²) in [5.41, 5.74) is 7.85. The van der Waals surface area contributed by atoms with E-state index in [1.807, 2.05) is 54.0 Å². The lowest BCUT2D eigenvalue weighted by Crippen LogP contribution is -2.48. The zero-order valence-corrected chi connectivity index (χ0v) is 20.5. The SMILES string of the molecule is COc1cc2nc(N3CCN(C(=O)/C=C/c4ccc(OC(C)C)cc4)CC3)nc(N)c2cc1OC. The number of methoxy groups -OCH3 is 2. The normalized spacial score (nSPS) is 14.1. The monoisotopic (exact) mass is 477 g/mol. The van der Waals surface area contributed by atoms with E-state index in [-0.39, 0.29) is 12.0 Å². The molecule has 1 aliphatic heterocycles. The van der Waals surface area contributed by atoms with E-state index in [1.54, 1.807) is 32.4 Å². The van der Waals surface area contributed by atoms with Gasteiger partial charge in [-0.3, -0.25) is 4.79 Å². The van der Waals surface area contributed by atoms with Crippen molar-refractivity contribution < 1.29 is 19.0 Å². The zero-order chi connectivity index (χ0) is 24.9. The third-order valence-electron chi connectivity index (χ3n) is 5.76. The molecule has 0 atom stereocenters. The fourth-order valence-corrected chi connectivity index (χ4v) is 3.94. The Labute approximate surface area is 205 Å². The number of benzene rings is 2. The van der Waals surface area contributed by atoms with Gasteiger partial charge in [0.25, 0.3) is 0 Å². The van der Waals surface area contributed by atoms with Gasteiger partial charge in [0.2, 0.25) is 11.9 Å². The Morgan fingerprint density at radius 2 is 1.66 bits per heavy atom. The molecule has 184 valence electrons. The van der Waals surface area contributed by atoms with Crippen LogP contribution in [0.15, 0.2) is 42.5 Å². The van der Waals surface area contributed by atoms with Gasteiger partial charge in [-0.2, -0.15) is 4.98 Å². The number of fused-ring (bicyclic) bond motifs is 1. The van der Waals surface area contributed by atoms with Crippen molar-refractivity contribution in [2.24, 2.45) is 0 Å². The summed E-state index contributed by atoms with van der Waals surface area (Å²) in [7, 11) is 3.15. The Balaban J connectivity index is 1.40. The molecule has 2 heterocycles. The standard InChI is InChI=1S/C26H31N5O4/c1-17(2)35-19-8-5-18(6-9-19)7-10-24(32)30-11-13-31(14-12-30)26-28-21-16-23(34-4)22(33-3)15-20(21)25(27)29-26/h5-10,15-17H,11-14H2,1-4H3,(H2,27,28,29)/b10-7+. The Morgan fingerprint density at radius 3 is 2.29 bits per heavy atom. The number of rotatable bonds is 7. The molecule has 35 heavy (non-hydrogen) atoms. The molecule has 1 saturated heterocycles. The highest BCUT2D eigenvalue weighted by molar-refractivity contribution is 5.93. The first-order valence-electron chi connectivity index (χ1n) is 11.6. The molecule has 1 fully saturated rings. The number of carbonyl (C=O) groups is 1. The lowest BCUT2D eigenvalue weighted by Gasteiger charge is -2.34. The van der Waals surface area contributed by atoms with Crippen molar-refractivity contribution in [2.45, 2.75) is 20.0 Å². The van der Waals surface area contributed by atoms with E-state index in [0.717, 1.165) is 11.3 Å². The molecule has 0 saturated carbocycles. The molecule has 0 bridgehead atoms. The topological polar surface area (TPSA) is 103 Å². The fourth-order valence-electron chi connectivity index (χ4n) is 3.94. The quantitative estimate of drug-likeness (QED) is 0.517. The minimum Gasteiger partial charge on any atom is -0.493 e. The van der Waals surface area contributed by atoms with Crippen molar-refractivity contribution in [3.8, 4) is 17.2 Å². The van der Waals surface area contributed by atoms with E-state index in [9.17, 15) is 4.79 Å². The summed E-state index contributed by atoms with van der Waals surface area (Å²) in [4.78, 5) is 25.7. The molecule has 4 rings (SSSR count). The first kappa shape index (κ1) is 24.1.